The van der Waals surface area contributed by atoms with Crippen LogP contribution in [0.2, 0.25) is 0 Å². The molecule has 3 rings (SSSR count). The predicted molar refractivity (Wildman–Crippen MR) is 99.6 cm³/mol. The van der Waals surface area contributed by atoms with Crippen molar-refractivity contribution in [2.24, 2.45) is 0 Å². The van der Waals surface area contributed by atoms with Crippen LogP contribution in [-0.4, -0.2) is 58.9 Å². The highest BCUT2D eigenvalue weighted by Crippen LogP contribution is 2.16. The van der Waals surface area contributed by atoms with Gasteiger partial charge in [-0.15, -0.1) is 0 Å². The second-order valence-electron chi connectivity index (χ2n) is 6.18. The van der Waals surface area contributed by atoms with E-state index >= 15 is 0 Å². The van der Waals surface area contributed by atoms with Gasteiger partial charge < -0.3 is 14.8 Å². The van der Waals surface area contributed by atoms with Crippen LogP contribution >= 0.6 is 11.7 Å². The van der Waals surface area contributed by atoms with Gasteiger partial charge in [-0.25, -0.2) is 0 Å². The third-order valence-electron chi connectivity index (χ3n) is 4.26. The van der Waals surface area contributed by atoms with E-state index in [4.69, 9.17) is 9.47 Å². The average Bonchev–Trinajstić information content (AvgIpc) is 3.09. The van der Waals surface area contributed by atoms with Crippen LogP contribution in [0.3, 0.4) is 0 Å². The van der Waals surface area contributed by atoms with Crippen LogP contribution in [0.1, 0.15) is 28.2 Å². The molecule has 1 aliphatic rings. The SMILES string of the molecule is Cc1nsnc1COc1cccc(C(=O)NCCCN2CCOCC2)c1. The van der Waals surface area contributed by atoms with E-state index in [9.17, 15) is 4.79 Å². The number of ether oxygens (including phenoxy) is 2. The molecule has 1 aliphatic heterocycles. The number of benzene rings is 1. The number of aromatic nitrogens is 2. The fraction of sp³-hybridized carbons (Fsp3) is 0.500. The Hall–Kier alpha value is -2.03. The van der Waals surface area contributed by atoms with E-state index in [2.05, 4.69) is 19.0 Å². The zero-order chi connectivity index (χ0) is 18.2. The third-order valence-corrected chi connectivity index (χ3v) is 4.92. The summed E-state index contributed by atoms with van der Waals surface area (Å²) in [7, 11) is 0. The molecule has 140 valence electrons. The minimum absolute atomic E-state index is 0.0797. The van der Waals surface area contributed by atoms with Crippen LogP contribution in [-0.2, 0) is 11.3 Å². The quantitative estimate of drug-likeness (QED) is 0.709. The van der Waals surface area contributed by atoms with Crippen molar-refractivity contribution in [3.05, 3.63) is 41.2 Å². The summed E-state index contributed by atoms with van der Waals surface area (Å²) in [5.74, 6) is 0.572. The van der Waals surface area contributed by atoms with Gasteiger partial charge in [0.2, 0.25) is 0 Å². The molecule has 1 saturated heterocycles. The average molecular weight is 376 g/mol. The third kappa shape index (κ3) is 5.48. The molecule has 1 aromatic heterocycles. The van der Waals surface area contributed by atoms with Crippen molar-refractivity contribution in [2.45, 2.75) is 20.0 Å². The van der Waals surface area contributed by atoms with Crippen molar-refractivity contribution in [3.8, 4) is 5.75 Å². The second kappa shape index (κ2) is 9.61. The van der Waals surface area contributed by atoms with Crippen LogP contribution in [0.5, 0.6) is 5.75 Å². The number of rotatable bonds is 8. The standard InChI is InChI=1S/C18H24N4O3S/c1-14-17(21-26-20-14)13-25-16-5-2-4-15(12-16)18(23)19-6-3-7-22-8-10-24-11-9-22/h2,4-5,12H,3,6-11,13H2,1H3,(H,19,23). The molecule has 1 fully saturated rings. The molecule has 0 atom stereocenters. The monoisotopic (exact) mass is 376 g/mol. The maximum atomic E-state index is 12.3. The van der Waals surface area contributed by atoms with E-state index in [0.29, 0.717) is 24.5 Å². The molecule has 2 aromatic rings. The molecule has 0 unspecified atom stereocenters. The Morgan fingerprint density at radius 2 is 2.19 bits per heavy atom. The summed E-state index contributed by atoms with van der Waals surface area (Å²) in [6.45, 7) is 7.45. The minimum atomic E-state index is -0.0797. The molecule has 0 saturated carbocycles. The smallest absolute Gasteiger partial charge is 0.251 e. The van der Waals surface area contributed by atoms with Crippen molar-refractivity contribution >= 4 is 17.6 Å². The molecule has 26 heavy (non-hydrogen) atoms. The first-order valence-electron chi connectivity index (χ1n) is 8.81. The summed E-state index contributed by atoms with van der Waals surface area (Å²) in [4.78, 5) is 14.7. The molecular formula is C18H24N4O3S. The Morgan fingerprint density at radius 3 is 2.96 bits per heavy atom. The maximum Gasteiger partial charge on any atom is 0.251 e. The number of hydrogen-bond donors (Lipinski definition) is 1. The van der Waals surface area contributed by atoms with Crippen LogP contribution in [0.15, 0.2) is 24.3 Å². The van der Waals surface area contributed by atoms with Crippen LogP contribution < -0.4 is 10.1 Å². The number of aryl methyl sites for hydroxylation is 1. The van der Waals surface area contributed by atoms with Gasteiger partial charge in [0.15, 0.2) is 0 Å². The van der Waals surface area contributed by atoms with E-state index in [0.717, 1.165) is 50.7 Å². The lowest BCUT2D eigenvalue weighted by atomic mass is 10.2. The Kier molecular flexibility index (Phi) is 6.93. The lowest BCUT2D eigenvalue weighted by Gasteiger charge is -2.26. The number of morpholine rings is 1. The molecule has 1 N–H and O–H groups in total. The van der Waals surface area contributed by atoms with Crippen molar-refractivity contribution in [3.63, 3.8) is 0 Å². The first kappa shape index (κ1) is 18.8. The van der Waals surface area contributed by atoms with E-state index in [-0.39, 0.29) is 5.91 Å². The van der Waals surface area contributed by atoms with Gasteiger partial charge in [-0.3, -0.25) is 9.69 Å². The Bertz CT molecular complexity index is 716. The lowest BCUT2D eigenvalue weighted by molar-refractivity contribution is 0.0374. The molecule has 8 heteroatoms. The summed E-state index contributed by atoms with van der Waals surface area (Å²) < 4.78 is 19.4. The summed E-state index contributed by atoms with van der Waals surface area (Å²) in [6.07, 6.45) is 0.929. The van der Waals surface area contributed by atoms with Crippen molar-refractivity contribution < 1.29 is 14.3 Å². The zero-order valence-electron chi connectivity index (χ0n) is 14.9. The van der Waals surface area contributed by atoms with Gasteiger partial charge >= 0.3 is 0 Å². The van der Waals surface area contributed by atoms with Gasteiger partial charge in [-0.2, -0.15) is 8.75 Å². The summed E-state index contributed by atoms with van der Waals surface area (Å²) >= 11 is 1.18. The van der Waals surface area contributed by atoms with Crippen LogP contribution in [0.25, 0.3) is 0 Å². The maximum absolute atomic E-state index is 12.3. The highest BCUT2D eigenvalue weighted by Gasteiger charge is 2.11. The topological polar surface area (TPSA) is 76.6 Å². The first-order chi connectivity index (χ1) is 12.7. The highest BCUT2D eigenvalue weighted by atomic mass is 32.1. The largest absolute Gasteiger partial charge is 0.487 e. The van der Waals surface area contributed by atoms with Crippen molar-refractivity contribution in [1.82, 2.24) is 19.0 Å². The molecule has 2 heterocycles. The Labute approximate surface area is 157 Å². The van der Waals surface area contributed by atoms with Gasteiger partial charge in [0.1, 0.15) is 18.1 Å². The number of nitrogens with one attached hydrogen (secondary N) is 1. The van der Waals surface area contributed by atoms with Crippen molar-refractivity contribution in [2.75, 3.05) is 39.4 Å². The fourth-order valence-corrected chi connectivity index (χ4v) is 3.24. The molecule has 0 aliphatic carbocycles. The Balaban J connectivity index is 1.43. The van der Waals surface area contributed by atoms with Crippen LogP contribution in [0, 0.1) is 6.92 Å². The molecule has 1 aromatic carbocycles. The zero-order valence-corrected chi connectivity index (χ0v) is 15.8. The van der Waals surface area contributed by atoms with E-state index in [1.807, 2.05) is 19.1 Å². The van der Waals surface area contributed by atoms with Gasteiger partial charge in [0.05, 0.1) is 30.6 Å². The second-order valence-corrected chi connectivity index (χ2v) is 6.70. The molecular weight excluding hydrogens is 352 g/mol. The molecule has 7 nitrogen and oxygen atoms in total. The normalized spacial score (nSPS) is 15.0. The lowest BCUT2D eigenvalue weighted by Crippen LogP contribution is -2.38. The molecule has 0 radical (unpaired) electrons. The van der Waals surface area contributed by atoms with E-state index < -0.39 is 0 Å². The summed E-state index contributed by atoms with van der Waals surface area (Å²) in [5.41, 5.74) is 2.30. The molecule has 0 spiro atoms. The van der Waals surface area contributed by atoms with E-state index in [1.54, 1.807) is 12.1 Å². The van der Waals surface area contributed by atoms with Crippen LogP contribution in [0.4, 0.5) is 0 Å². The molecule has 0 bridgehead atoms. The fourth-order valence-electron chi connectivity index (χ4n) is 2.69. The number of nitrogens with zero attached hydrogens (tertiary/aromatic N) is 3. The molecule has 1 amide bonds. The summed E-state index contributed by atoms with van der Waals surface area (Å²) in [6, 6.07) is 7.21. The summed E-state index contributed by atoms with van der Waals surface area (Å²) in [5, 5.41) is 2.97. The highest BCUT2D eigenvalue weighted by molar-refractivity contribution is 6.99. The number of carbonyl (C=O) groups excluding carboxylic acids is 1. The number of hydrogen-bond acceptors (Lipinski definition) is 7. The number of carbonyl (C=O) groups is 1. The van der Waals surface area contributed by atoms with Gasteiger partial charge in [-0.1, -0.05) is 6.07 Å². The van der Waals surface area contributed by atoms with Gasteiger partial charge in [0.25, 0.3) is 5.91 Å². The first-order valence-corrected chi connectivity index (χ1v) is 9.54. The van der Waals surface area contributed by atoms with Gasteiger partial charge in [-0.05, 0) is 38.1 Å². The minimum Gasteiger partial charge on any atom is -0.487 e. The van der Waals surface area contributed by atoms with E-state index in [1.165, 1.54) is 11.7 Å². The number of amides is 1. The van der Waals surface area contributed by atoms with Crippen molar-refractivity contribution in [1.29, 1.82) is 0 Å². The predicted octanol–water partition coefficient (Wildman–Crippen LogP) is 1.88. The Morgan fingerprint density at radius 1 is 1.35 bits per heavy atom. The van der Waals surface area contributed by atoms with Gasteiger partial charge in [0, 0.05) is 25.2 Å².